The number of hydrogen-bond acceptors (Lipinski definition) is 3. The fourth-order valence-corrected chi connectivity index (χ4v) is 4.11. The van der Waals surface area contributed by atoms with Crippen LogP contribution in [0.15, 0.2) is 6.07 Å². The second kappa shape index (κ2) is 9.21. The van der Waals surface area contributed by atoms with Crippen LogP contribution >= 0.6 is 11.3 Å². The largest absolute Gasteiger partial charge is 0.274 e. The third-order valence-corrected chi connectivity index (χ3v) is 5.54. The maximum atomic E-state index is 12.2. The van der Waals surface area contributed by atoms with Crippen molar-refractivity contribution in [3.05, 3.63) is 21.4 Å². The van der Waals surface area contributed by atoms with E-state index >= 15 is 0 Å². The van der Waals surface area contributed by atoms with Crippen molar-refractivity contribution in [2.45, 2.75) is 78.1 Å². The van der Waals surface area contributed by atoms with Crippen molar-refractivity contribution in [3.63, 3.8) is 0 Å². The van der Waals surface area contributed by atoms with Crippen LogP contribution in [0, 0.1) is 6.92 Å². The fraction of sp³-hybridized carbons (Fsp3) is 0.684. The van der Waals surface area contributed by atoms with E-state index in [1.165, 1.54) is 67.6 Å². The van der Waals surface area contributed by atoms with Crippen LogP contribution in [-0.2, 0) is 0 Å². The van der Waals surface area contributed by atoms with Crippen LogP contribution in [0.1, 0.15) is 96.0 Å². The Hall–Kier alpha value is -1.16. The lowest BCUT2D eigenvalue weighted by atomic mass is 10.1. The number of unbranched alkanes of at least 4 members (excludes halogenated alkanes) is 9. The summed E-state index contributed by atoms with van der Waals surface area (Å²) in [5, 5.41) is 0. The zero-order valence-electron chi connectivity index (χ0n) is 14.5. The molecule has 0 spiro atoms. The van der Waals surface area contributed by atoms with Crippen molar-refractivity contribution in [2.24, 2.45) is 0 Å². The summed E-state index contributed by atoms with van der Waals surface area (Å²) in [7, 11) is 0. The number of nitrogens with zero attached hydrogens (tertiary/aromatic N) is 1. The van der Waals surface area contributed by atoms with E-state index in [2.05, 4.69) is 6.92 Å². The first-order valence-electron chi connectivity index (χ1n) is 9.11. The highest BCUT2D eigenvalue weighted by atomic mass is 32.1. The van der Waals surface area contributed by atoms with E-state index in [1.54, 1.807) is 0 Å². The molecule has 128 valence electrons. The quantitative estimate of drug-likeness (QED) is 0.391. The molecule has 0 saturated heterocycles. The summed E-state index contributed by atoms with van der Waals surface area (Å²) in [5.74, 6) is -0.177. The molecular formula is C19H29NO2S. The maximum absolute atomic E-state index is 12.2. The highest BCUT2D eigenvalue weighted by molar-refractivity contribution is 7.14. The normalized spacial score (nSPS) is 13.9. The van der Waals surface area contributed by atoms with Crippen LogP contribution in [-0.4, -0.2) is 23.3 Å². The number of amides is 2. The van der Waals surface area contributed by atoms with E-state index in [4.69, 9.17) is 0 Å². The Morgan fingerprint density at radius 3 is 2.00 bits per heavy atom. The van der Waals surface area contributed by atoms with Crippen LogP contribution < -0.4 is 0 Å². The average molecular weight is 336 g/mol. The molecule has 0 unspecified atom stereocenters. The lowest BCUT2D eigenvalue weighted by Crippen LogP contribution is -2.30. The van der Waals surface area contributed by atoms with E-state index in [0.29, 0.717) is 17.0 Å². The molecular weight excluding hydrogens is 306 g/mol. The Bertz CT molecular complexity index is 502. The smallest absolute Gasteiger partial charge is 0.271 e. The Kier molecular flexibility index (Phi) is 7.28. The molecule has 0 atom stereocenters. The number of carbonyl (C=O) groups is 2. The highest BCUT2D eigenvalue weighted by Gasteiger charge is 2.36. The first kappa shape index (κ1) is 18.2. The summed E-state index contributed by atoms with van der Waals surface area (Å²) < 4.78 is 0. The van der Waals surface area contributed by atoms with Gasteiger partial charge in [0.05, 0.1) is 5.56 Å². The Balaban J connectivity index is 1.56. The summed E-state index contributed by atoms with van der Waals surface area (Å²) in [5.41, 5.74) is 0.615. The molecule has 1 aromatic heterocycles. The number of aryl methyl sites for hydroxylation is 1. The third-order valence-electron chi connectivity index (χ3n) is 4.51. The molecule has 0 fully saturated rings. The molecule has 2 rings (SSSR count). The van der Waals surface area contributed by atoms with Gasteiger partial charge in [-0.3, -0.25) is 14.5 Å². The predicted octanol–water partition coefficient (Wildman–Crippen LogP) is 5.57. The van der Waals surface area contributed by atoms with Gasteiger partial charge in [-0.05, 0) is 19.4 Å². The molecule has 0 bridgehead atoms. The van der Waals surface area contributed by atoms with Crippen molar-refractivity contribution in [2.75, 3.05) is 6.54 Å². The zero-order chi connectivity index (χ0) is 16.7. The second-order valence-electron chi connectivity index (χ2n) is 6.54. The average Bonchev–Trinajstić information content (AvgIpc) is 3.01. The number of rotatable bonds is 11. The molecule has 1 aliphatic heterocycles. The van der Waals surface area contributed by atoms with E-state index in [-0.39, 0.29) is 11.8 Å². The van der Waals surface area contributed by atoms with Gasteiger partial charge in [0.1, 0.15) is 4.88 Å². The third kappa shape index (κ3) is 4.90. The summed E-state index contributed by atoms with van der Waals surface area (Å²) in [6.07, 6.45) is 12.6. The molecule has 0 radical (unpaired) electrons. The van der Waals surface area contributed by atoms with E-state index in [1.807, 2.05) is 13.0 Å². The number of carbonyl (C=O) groups excluding carboxylic acids is 2. The molecule has 23 heavy (non-hydrogen) atoms. The molecule has 0 saturated carbocycles. The van der Waals surface area contributed by atoms with Gasteiger partial charge in [-0.15, -0.1) is 11.3 Å². The SMILES string of the molecule is CCCCCCCCCCCCN1C(=O)c2cc(C)sc2C1=O. The highest BCUT2D eigenvalue weighted by Crippen LogP contribution is 2.30. The molecule has 4 heteroatoms. The topological polar surface area (TPSA) is 37.4 Å². The summed E-state index contributed by atoms with van der Waals surface area (Å²) in [4.78, 5) is 27.6. The van der Waals surface area contributed by atoms with Gasteiger partial charge >= 0.3 is 0 Å². The van der Waals surface area contributed by atoms with Crippen LogP contribution in [0.5, 0.6) is 0 Å². The van der Waals surface area contributed by atoms with Gasteiger partial charge < -0.3 is 0 Å². The molecule has 3 nitrogen and oxygen atoms in total. The molecule has 0 aromatic carbocycles. The minimum atomic E-state index is -0.0923. The lowest BCUT2D eigenvalue weighted by molar-refractivity contribution is 0.0652. The molecule has 1 aromatic rings. The van der Waals surface area contributed by atoms with E-state index in [9.17, 15) is 9.59 Å². The monoisotopic (exact) mass is 335 g/mol. The number of hydrogen-bond donors (Lipinski definition) is 0. The Morgan fingerprint density at radius 1 is 0.870 bits per heavy atom. The Labute approximate surface area is 144 Å². The summed E-state index contributed by atoms with van der Waals surface area (Å²) >= 11 is 1.44. The fourth-order valence-electron chi connectivity index (χ4n) is 3.15. The van der Waals surface area contributed by atoms with Gasteiger partial charge in [-0.1, -0.05) is 64.7 Å². The zero-order valence-corrected chi connectivity index (χ0v) is 15.3. The van der Waals surface area contributed by atoms with Crippen LogP contribution in [0.3, 0.4) is 0 Å². The predicted molar refractivity (Wildman–Crippen MR) is 96.3 cm³/mol. The Morgan fingerprint density at radius 2 is 1.43 bits per heavy atom. The van der Waals surface area contributed by atoms with Crippen molar-refractivity contribution < 1.29 is 9.59 Å². The molecule has 0 N–H and O–H groups in total. The standard InChI is InChI=1S/C19H29NO2S/c1-3-4-5-6-7-8-9-10-11-12-13-20-18(21)16-14-15(2)23-17(16)19(20)22/h14H,3-13H2,1-2H3. The van der Waals surface area contributed by atoms with Crippen LogP contribution in [0.25, 0.3) is 0 Å². The molecule has 2 heterocycles. The number of imide groups is 1. The minimum Gasteiger partial charge on any atom is -0.274 e. The first-order chi connectivity index (χ1) is 11.1. The van der Waals surface area contributed by atoms with Crippen LogP contribution in [0.2, 0.25) is 0 Å². The van der Waals surface area contributed by atoms with Crippen molar-refractivity contribution in [3.8, 4) is 0 Å². The van der Waals surface area contributed by atoms with Crippen molar-refractivity contribution in [1.82, 2.24) is 4.90 Å². The summed E-state index contributed by atoms with van der Waals surface area (Å²) in [6.45, 7) is 4.76. The van der Waals surface area contributed by atoms with Gasteiger partial charge in [-0.25, -0.2) is 0 Å². The van der Waals surface area contributed by atoms with Gasteiger partial charge in [0.15, 0.2) is 0 Å². The molecule has 0 aliphatic carbocycles. The van der Waals surface area contributed by atoms with Crippen LogP contribution in [0.4, 0.5) is 0 Å². The van der Waals surface area contributed by atoms with E-state index in [0.717, 1.165) is 17.7 Å². The molecule has 2 amide bonds. The number of fused-ring (bicyclic) bond motifs is 1. The van der Waals surface area contributed by atoms with Gasteiger partial charge in [0.2, 0.25) is 0 Å². The number of thiophene rings is 1. The second-order valence-corrected chi connectivity index (χ2v) is 7.80. The van der Waals surface area contributed by atoms with Gasteiger partial charge in [0.25, 0.3) is 11.8 Å². The van der Waals surface area contributed by atoms with Crippen molar-refractivity contribution in [1.29, 1.82) is 0 Å². The first-order valence-corrected chi connectivity index (χ1v) is 9.93. The lowest BCUT2D eigenvalue weighted by Gasteiger charge is -2.13. The minimum absolute atomic E-state index is 0.0842. The summed E-state index contributed by atoms with van der Waals surface area (Å²) in [6, 6.07) is 1.85. The molecule has 1 aliphatic rings. The van der Waals surface area contributed by atoms with Crippen molar-refractivity contribution >= 4 is 23.2 Å². The van der Waals surface area contributed by atoms with E-state index < -0.39 is 0 Å². The maximum Gasteiger partial charge on any atom is 0.271 e. The van der Waals surface area contributed by atoms with Gasteiger partial charge in [0, 0.05) is 11.4 Å². The van der Waals surface area contributed by atoms with Gasteiger partial charge in [-0.2, -0.15) is 0 Å².